The molecule has 21 heavy (non-hydrogen) atoms. The van der Waals surface area contributed by atoms with E-state index in [0.29, 0.717) is 28.7 Å². The Labute approximate surface area is 141 Å². The number of hydrogen-bond donors (Lipinski definition) is 1. The molecule has 0 spiro atoms. The minimum Gasteiger partial charge on any atom is -0.493 e. The molecule has 6 heteroatoms. The molecule has 0 heterocycles. The Hall–Kier alpha value is -1.47. The van der Waals surface area contributed by atoms with Crippen LogP contribution in [-0.2, 0) is 6.61 Å². The van der Waals surface area contributed by atoms with E-state index < -0.39 is 5.91 Å². The Morgan fingerprint density at radius 1 is 1.33 bits per heavy atom. The highest BCUT2D eigenvalue weighted by Gasteiger charge is 2.14. The van der Waals surface area contributed by atoms with E-state index in [4.69, 9.17) is 26.8 Å². The summed E-state index contributed by atoms with van der Waals surface area (Å²) in [7, 11) is 1.52. The van der Waals surface area contributed by atoms with Crippen LogP contribution in [0.4, 0.5) is 0 Å². The van der Waals surface area contributed by atoms with Crippen molar-refractivity contribution < 1.29 is 14.3 Å². The molecule has 0 aliphatic rings. The lowest BCUT2D eigenvalue weighted by molar-refractivity contribution is 0.1000. The maximum atomic E-state index is 11.3. The van der Waals surface area contributed by atoms with Gasteiger partial charge in [-0.2, -0.15) is 0 Å². The molecule has 0 saturated heterocycles. The monoisotopic (exact) mass is 417 g/mol. The SMILES string of the molecule is COc1cc(C(N)=O)cc(I)c1OCc1cccc(Cl)c1. The van der Waals surface area contributed by atoms with Crippen molar-refractivity contribution in [2.45, 2.75) is 6.61 Å². The number of benzene rings is 2. The summed E-state index contributed by atoms with van der Waals surface area (Å²) in [6.07, 6.45) is 0. The number of ether oxygens (including phenoxy) is 2. The van der Waals surface area contributed by atoms with Crippen LogP contribution in [0.3, 0.4) is 0 Å². The number of amides is 1. The van der Waals surface area contributed by atoms with Gasteiger partial charge in [0.05, 0.1) is 10.7 Å². The molecule has 2 aromatic rings. The Morgan fingerprint density at radius 2 is 2.10 bits per heavy atom. The number of hydrogen-bond acceptors (Lipinski definition) is 3. The number of carbonyl (C=O) groups is 1. The van der Waals surface area contributed by atoms with Gasteiger partial charge in [-0.25, -0.2) is 0 Å². The van der Waals surface area contributed by atoms with Gasteiger partial charge >= 0.3 is 0 Å². The first-order valence-corrected chi connectivity index (χ1v) is 7.51. The van der Waals surface area contributed by atoms with Gasteiger partial charge in [-0.3, -0.25) is 4.79 Å². The molecular formula is C15H13ClINO3. The number of halogens is 2. The van der Waals surface area contributed by atoms with E-state index in [-0.39, 0.29) is 0 Å². The van der Waals surface area contributed by atoms with E-state index in [2.05, 4.69) is 22.6 Å². The van der Waals surface area contributed by atoms with Crippen LogP contribution in [0.1, 0.15) is 15.9 Å². The summed E-state index contributed by atoms with van der Waals surface area (Å²) in [6.45, 7) is 0.350. The van der Waals surface area contributed by atoms with Gasteiger partial charge in [0.25, 0.3) is 0 Å². The molecule has 0 saturated carbocycles. The normalized spacial score (nSPS) is 10.2. The molecule has 0 atom stereocenters. The zero-order chi connectivity index (χ0) is 15.4. The minimum absolute atomic E-state index is 0.350. The van der Waals surface area contributed by atoms with Gasteiger partial charge < -0.3 is 15.2 Å². The molecule has 1 amide bonds. The average Bonchev–Trinajstić information content (AvgIpc) is 2.45. The summed E-state index contributed by atoms with van der Waals surface area (Å²) >= 11 is 8.02. The maximum absolute atomic E-state index is 11.3. The second-order valence-corrected chi connectivity index (χ2v) is 5.87. The standard InChI is InChI=1S/C15H13ClINO3/c1-20-13-7-10(15(18)19)6-12(17)14(13)21-8-9-3-2-4-11(16)5-9/h2-7H,8H2,1H3,(H2,18,19). The molecule has 2 rings (SSSR count). The van der Waals surface area contributed by atoms with Crippen LogP contribution in [-0.4, -0.2) is 13.0 Å². The lowest BCUT2D eigenvalue weighted by Crippen LogP contribution is -2.12. The third-order valence-corrected chi connectivity index (χ3v) is 3.82. The maximum Gasteiger partial charge on any atom is 0.248 e. The highest BCUT2D eigenvalue weighted by molar-refractivity contribution is 14.1. The fourth-order valence-electron chi connectivity index (χ4n) is 1.78. The summed E-state index contributed by atoms with van der Waals surface area (Å²) in [5, 5.41) is 0.654. The van der Waals surface area contributed by atoms with Crippen molar-refractivity contribution in [1.82, 2.24) is 0 Å². The molecule has 0 radical (unpaired) electrons. The predicted molar refractivity (Wildman–Crippen MR) is 90.0 cm³/mol. The topological polar surface area (TPSA) is 61.5 Å². The van der Waals surface area contributed by atoms with Gasteiger partial charge in [-0.05, 0) is 52.4 Å². The Morgan fingerprint density at radius 3 is 2.71 bits per heavy atom. The van der Waals surface area contributed by atoms with E-state index >= 15 is 0 Å². The van der Waals surface area contributed by atoms with Gasteiger partial charge in [0, 0.05) is 10.6 Å². The van der Waals surface area contributed by atoms with Gasteiger partial charge in [0.2, 0.25) is 5.91 Å². The lowest BCUT2D eigenvalue weighted by atomic mass is 10.2. The van der Waals surface area contributed by atoms with E-state index in [1.54, 1.807) is 18.2 Å². The Kier molecular flexibility index (Phi) is 5.30. The second-order valence-electron chi connectivity index (χ2n) is 4.27. The third kappa shape index (κ3) is 4.01. The molecule has 0 aliphatic heterocycles. The predicted octanol–water partition coefficient (Wildman–Crippen LogP) is 3.63. The summed E-state index contributed by atoms with van der Waals surface area (Å²) in [4.78, 5) is 11.3. The number of methoxy groups -OCH3 is 1. The molecule has 2 aromatic carbocycles. The number of nitrogens with two attached hydrogens (primary N) is 1. The molecule has 0 bridgehead atoms. The summed E-state index contributed by atoms with van der Waals surface area (Å²) in [5.74, 6) is 0.536. The first-order chi connectivity index (χ1) is 10.0. The van der Waals surface area contributed by atoms with Crippen molar-refractivity contribution in [2.24, 2.45) is 5.73 Å². The quantitative estimate of drug-likeness (QED) is 0.756. The van der Waals surface area contributed by atoms with E-state index in [0.717, 1.165) is 9.13 Å². The van der Waals surface area contributed by atoms with Crippen LogP contribution >= 0.6 is 34.2 Å². The van der Waals surface area contributed by atoms with Crippen LogP contribution in [0.5, 0.6) is 11.5 Å². The fraction of sp³-hybridized carbons (Fsp3) is 0.133. The molecule has 0 unspecified atom stereocenters. The summed E-state index contributed by atoms with van der Waals surface area (Å²) in [6, 6.07) is 10.6. The van der Waals surface area contributed by atoms with Crippen LogP contribution < -0.4 is 15.2 Å². The van der Waals surface area contributed by atoms with Gasteiger partial charge in [-0.1, -0.05) is 23.7 Å². The summed E-state index contributed by atoms with van der Waals surface area (Å²) < 4.78 is 11.8. The lowest BCUT2D eigenvalue weighted by Gasteiger charge is -2.14. The average molecular weight is 418 g/mol. The van der Waals surface area contributed by atoms with Crippen LogP contribution in [0.2, 0.25) is 5.02 Å². The van der Waals surface area contributed by atoms with Crippen molar-refractivity contribution in [3.63, 3.8) is 0 Å². The van der Waals surface area contributed by atoms with Crippen molar-refractivity contribution in [1.29, 1.82) is 0 Å². The van der Waals surface area contributed by atoms with Crippen LogP contribution in [0.25, 0.3) is 0 Å². The van der Waals surface area contributed by atoms with Crippen molar-refractivity contribution in [3.8, 4) is 11.5 Å². The highest BCUT2D eigenvalue weighted by atomic mass is 127. The van der Waals surface area contributed by atoms with Crippen molar-refractivity contribution >= 4 is 40.1 Å². The first kappa shape index (κ1) is 15.9. The third-order valence-electron chi connectivity index (χ3n) is 2.79. The van der Waals surface area contributed by atoms with Crippen LogP contribution in [0, 0.1) is 3.57 Å². The molecule has 0 aliphatic carbocycles. The first-order valence-electron chi connectivity index (χ1n) is 6.06. The zero-order valence-corrected chi connectivity index (χ0v) is 14.1. The van der Waals surface area contributed by atoms with Crippen molar-refractivity contribution in [3.05, 3.63) is 56.1 Å². The largest absolute Gasteiger partial charge is 0.493 e. The van der Waals surface area contributed by atoms with Gasteiger partial charge in [0.1, 0.15) is 6.61 Å². The number of carbonyl (C=O) groups excluding carboxylic acids is 1. The molecule has 0 aromatic heterocycles. The van der Waals surface area contributed by atoms with E-state index in [1.165, 1.54) is 7.11 Å². The molecule has 4 nitrogen and oxygen atoms in total. The highest BCUT2D eigenvalue weighted by Crippen LogP contribution is 2.34. The number of primary amides is 1. The number of rotatable bonds is 5. The molecule has 110 valence electrons. The van der Waals surface area contributed by atoms with E-state index in [9.17, 15) is 4.79 Å². The second kappa shape index (κ2) is 7.00. The smallest absolute Gasteiger partial charge is 0.248 e. The molecule has 0 fully saturated rings. The zero-order valence-electron chi connectivity index (χ0n) is 11.2. The minimum atomic E-state index is -0.507. The summed E-state index contributed by atoms with van der Waals surface area (Å²) in [5.41, 5.74) is 6.61. The van der Waals surface area contributed by atoms with Crippen LogP contribution in [0.15, 0.2) is 36.4 Å². The molecular weight excluding hydrogens is 405 g/mol. The van der Waals surface area contributed by atoms with Crippen molar-refractivity contribution in [2.75, 3.05) is 7.11 Å². The molecule has 2 N–H and O–H groups in total. The Balaban J connectivity index is 2.25. The fourth-order valence-corrected chi connectivity index (χ4v) is 2.75. The van der Waals surface area contributed by atoms with E-state index in [1.807, 2.05) is 18.2 Å². The van der Waals surface area contributed by atoms with Gasteiger partial charge in [-0.15, -0.1) is 0 Å². The Bertz CT molecular complexity index is 676. The van der Waals surface area contributed by atoms with Gasteiger partial charge in [0.15, 0.2) is 11.5 Å².